The second-order valence-corrected chi connectivity index (χ2v) is 6.93. The van der Waals surface area contributed by atoms with E-state index in [9.17, 15) is 4.79 Å². The van der Waals surface area contributed by atoms with Crippen LogP contribution in [-0.4, -0.2) is 28.3 Å². The van der Waals surface area contributed by atoms with Crippen LogP contribution in [0.4, 0.5) is 11.6 Å². The van der Waals surface area contributed by atoms with E-state index in [1.807, 2.05) is 20.8 Å². The number of hydrogen-bond donors (Lipinski definition) is 2. The molecule has 1 aromatic carbocycles. The number of hydrogen-bond acceptors (Lipinski definition) is 5. The van der Waals surface area contributed by atoms with Gasteiger partial charge in [0, 0.05) is 10.6 Å². The predicted octanol–water partition coefficient (Wildman–Crippen LogP) is 4.01. The van der Waals surface area contributed by atoms with E-state index < -0.39 is 0 Å². The first kappa shape index (κ1) is 18.3. The monoisotopic (exact) mass is 368 g/mol. The molecule has 24 heavy (non-hydrogen) atoms. The van der Waals surface area contributed by atoms with Gasteiger partial charge in [-0.2, -0.15) is 0 Å². The summed E-state index contributed by atoms with van der Waals surface area (Å²) in [6, 6.07) is 8.18. The Morgan fingerprint density at radius 1 is 1.12 bits per heavy atom. The van der Waals surface area contributed by atoms with E-state index in [2.05, 4.69) is 20.8 Å². The van der Waals surface area contributed by atoms with Crippen LogP contribution < -0.4 is 15.4 Å². The van der Waals surface area contributed by atoms with Crippen molar-refractivity contribution in [1.29, 1.82) is 0 Å². The summed E-state index contributed by atoms with van der Waals surface area (Å²) in [6.45, 7) is 5.85. The summed E-state index contributed by atoms with van der Waals surface area (Å²) < 4.78 is 5.35. The highest BCUT2D eigenvalue weighted by Crippen LogP contribution is 2.27. The Morgan fingerprint density at radius 3 is 2.38 bits per heavy atom. The average molecular weight is 369 g/mol. The minimum Gasteiger partial charge on any atom is -0.482 e. The minimum atomic E-state index is -0.369. The van der Waals surface area contributed by atoms with Gasteiger partial charge in [-0.05, 0) is 51.1 Å². The molecular weight excluding hydrogens is 351 g/mol. The van der Waals surface area contributed by atoms with E-state index >= 15 is 0 Å². The van der Waals surface area contributed by atoms with Crippen LogP contribution in [0.3, 0.4) is 0 Å². The Morgan fingerprint density at radius 2 is 1.79 bits per heavy atom. The van der Waals surface area contributed by atoms with E-state index in [-0.39, 0.29) is 18.1 Å². The molecule has 0 aliphatic carbocycles. The van der Waals surface area contributed by atoms with Crippen molar-refractivity contribution in [2.24, 2.45) is 0 Å². The normalized spacial score (nSPS) is 11.0. The van der Waals surface area contributed by atoms with Crippen LogP contribution >= 0.6 is 23.2 Å². The van der Waals surface area contributed by atoms with Gasteiger partial charge in [0.15, 0.2) is 12.4 Å². The lowest BCUT2D eigenvalue weighted by molar-refractivity contribution is -0.118. The van der Waals surface area contributed by atoms with Crippen molar-refractivity contribution < 1.29 is 9.53 Å². The van der Waals surface area contributed by atoms with Gasteiger partial charge >= 0.3 is 0 Å². The molecule has 0 bridgehead atoms. The summed E-state index contributed by atoms with van der Waals surface area (Å²) in [5.41, 5.74) is -0.120. The first-order chi connectivity index (χ1) is 11.2. The molecule has 2 N–H and O–H groups in total. The van der Waals surface area contributed by atoms with Crippen LogP contribution in [0.15, 0.2) is 30.3 Å². The summed E-state index contributed by atoms with van der Waals surface area (Å²) in [6.07, 6.45) is 0. The van der Waals surface area contributed by atoms with Crippen molar-refractivity contribution in [3.05, 3.63) is 40.4 Å². The minimum absolute atomic E-state index is 0.120. The zero-order chi connectivity index (χ0) is 17.7. The third kappa shape index (κ3) is 5.86. The number of rotatable bonds is 5. The Hall–Kier alpha value is -2.05. The van der Waals surface area contributed by atoms with Crippen LogP contribution in [0.5, 0.6) is 5.75 Å². The van der Waals surface area contributed by atoms with E-state index in [4.69, 9.17) is 27.9 Å². The molecule has 1 aromatic heterocycles. The van der Waals surface area contributed by atoms with Gasteiger partial charge in [0.2, 0.25) is 0 Å². The van der Waals surface area contributed by atoms with Gasteiger partial charge in [0.25, 0.3) is 5.91 Å². The van der Waals surface area contributed by atoms with Crippen LogP contribution in [0.1, 0.15) is 20.8 Å². The Labute approximate surface area is 150 Å². The molecule has 1 amide bonds. The van der Waals surface area contributed by atoms with Gasteiger partial charge < -0.3 is 15.4 Å². The van der Waals surface area contributed by atoms with Crippen molar-refractivity contribution in [2.75, 3.05) is 17.2 Å². The Bertz CT molecular complexity index is 715. The molecule has 0 saturated heterocycles. The van der Waals surface area contributed by atoms with Crippen molar-refractivity contribution in [2.45, 2.75) is 26.3 Å². The lowest BCUT2D eigenvalue weighted by atomic mass is 10.1. The highest BCUT2D eigenvalue weighted by molar-refractivity contribution is 6.35. The molecular formula is C16H18Cl2N4O2. The molecule has 8 heteroatoms. The first-order valence-electron chi connectivity index (χ1n) is 7.22. The van der Waals surface area contributed by atoms with Crippen LogP contribution in [-0.2, 0) is 4.79 Å². The largest absolute Gasteiger partial charge is 0.482 e. The second-order valence-electron chi connectivity index (χ2n) is 6.09. The maximum atomic E-state index is 11.9. The molecule has 0 radical (unpaired) electrons. The van der Waals surface area contributed by atoms with E-state index in [0.717, 1.165) is 0 Å². The summed E-state index contributed by atoms with van der Waals surface area (Å²) in [4.78, 5) is 11.9. The lowest BCUT2D eigenvalue weighted by Crippen LogP contribution is -2.27. The van der Waals surface area contributed by atoms with E-state index in [1.54, 1.807) is 30.3 Å². The van der Waals surface area contributed by atoms with Crippen molar-refractivity contribution in [3.63, 3.8) is 0 Å². The summed E-state index contributed by atoms with van der Waals surface area (Å²) >= 11 is 11.8. The standard InChI is InChI=1S/C16H18Cl2N4O2/c1-16(2,3)20-14-7-6-13(21-22-14)19-15(23)9-24-12-5-4-10(17)8-11(12)18/h4-8H,9H2,1-3H3,(H,20,22)(H,19,21,23). The smallest absolute Gasteiger partial charge is 0.263 e. The number of ether oxygens (including phenoxy) is 1. The molecule has 0 atom stereocenters. The van der Waals surface area contributed by atoms with Gasteiger partial charge in [-0.3, -0.25) is 4.79 Å². The predicted molar refractivity (Wildman–Crippen MR) is 96.0 cm³/mol. The fourth-order valence-corrected chi connectivity index (χ4v) is 2.23. The Kier molecular flexibility index (Phi) is 5.85. The highest BCUT2D eigenvalue weighted by atomic mass is 35.5. The Balaban J connectivity index is 1.88. The SMILES string of the molecule is CC(C)(C)Nc1ccc(NC(=O)COc2ccc(Cl)cc2Cl)nn1. The number of nitrogens with one attached hydrogen (secondary N) is 2. The van der Waals surface area contributed by atoms with Gasteiger partial charge in [-0.1, -0.05) is 23.2 Å². The highest BCUT2D eigenvalue weighted by Gasteiger charge is 2.11. The van der Waals surface area contributed by atoms with E-state index in [1.165, 1.54) is 0 Å². The lowest BCUT2D eigenvalue weighted by Gasteiger charge is -2.20. The fraction of sp³-hybridized carbons (Fsp3) is 0.312. The number of carbonyl (C=O) groups is 1. The number of carbonyl (C=O) groups excluding carboxylic acids is 1. The molecule has 0 spiro atoms. The molecule has 0 aliphatic heterocycles. The van der Waals surface area contributed by atoms with Gasteiger partial charge in [0.05, 0.1) is 5.02 Å². The van der Waals surface area contributed by atoms with Crippen molar-refractivity contribution in [3.8, 4) is 5.75 Å². The second kappa shape index (κ2) is 7.68. The molecule has 1 heterocycles. The number of halogens is 2. The third-order valence-corrected chi connectivity index (χ3v) is 3.22. The quantitative estimate of drug-likeness (QED) is 0.833. The zero-order valence-corrected chi connectivity index (χ0v) is 15.1. The summed E-state index contributed by atoms with van der Waals surface area (Å²) in [5.74, 6) is 0.980. The number of nitrogens with zero attached hydrogens (tertiary/aromatic N) is 2. The molecule has 0 fully saturated rings. The van der Waals surface area contributed by atoms with Gasteiger partial charge in [-0.25, -0.2) is 0 Å². The number of aromatic nitrogens is 2. The third-order valence-electron chi connectivity index (χ3n) is 2.69. The first-order valence-corrected chi connectivity index (χ1v) is 7.98. The molecule has 0 unspecified atom stereocenters. The molecule has 0 aliphatic rings. The van der Waals surface area contributed by atoms with Crippen LogP contribution in [0.25, 0.3) is 0 Å². The maximum absolute atomic E-state index is 11.9. The molecule has 6 nitrogen and oxygen atoms in total. The zero-order valence-electron chi connectivity index (χ0n) is 13.6. The topological polar surface area (TPSA) is 76.1 Å². The van der Waals surface area contributed by atoms with Gasteiger partial charge in [-0.15, -0.1) is 10.2 Å². The number of amides is 1. The molecule has 0 saturated carbocycles. The number of anilines is 2. The average Bonchev–Trinajstić information content (AvgIpc) is 2.47. The molecule has 128 valence electrons. The summed E-state index contributed by atoms with van der Waals surface area (Å²) in [7, 11) is 0. The summed E-state index contributed by atoms with van der Waals surface area (Å²) in [5, 5.41) is 14.6. The van der Waals surface area contributed by atoms with Crippen LogP contribution in [0.2, 0.25) is 10.0 Å². The number of benzene rings is 1. The van der Waals surface area contributed by atoms with E-state index in [0.29, 0.717) is 27.4 Å². The van der Waals surface area contributed by atoms with Crippen LogP contribution in [0, 0.1) is 0 Å². The fourth-order valence-electron chi connectivity index (χ4n) is 1.76. The van der Waals surface area contributed by atoms with Crippen molar-refractivity contribution in [1.82, 2.24) is 10.2 Å². The molecule has 2 aromatic rings. The molecule has 2 rings (SSSR count). The van der Waals surface area contributed by atoms with Gasteiger partial charge in [0.1, 0.15) is 11.6 Å². The van der Waals surface area contributed by atoms with Crippen molar-refractivity contribution >= 4 is 40.7 Å². The maximum Gasteiger partial charge on any atom is 0.263 e.